The number of benzene rings is 2. The molecule has 0 aliphatic rings. The number of aromatic nitrogens is 1. The summed E-state index contributed by atoms with van der Waals surface area (Å²) in [7, 11) is 1.61. The van der Waals surface area contributed by atoms with Gasteiger partial charge in [0.15, 0.2) is 0 Å². The lowest BCUT2D eigenvalue weighted by atomic mass is 10.1. The molecule has 0 saturated heterocycles. The summed E-state index contributed by atoms with van der Waals surface area (Å²) in [5.41, 5.74) is 3.62. The molecule has 2 N–H and O–H groups in total. The van der Waals surface area contributed by atoms with Crippen molar-refractivity contribution < 1.29 is 9.53 Å². The minimum absolute atomic E-state index is 0.126. The van der Waals surface area contributed by atoms with Gasteiger partial charge >= 0.3 is 0 Å². The normalized spacial score (nSPS) is 10.3. The van der Waals surface area contributed by atoms with Gasteiger partial charge in [-0.2, -0.15) is 0 Å². The fourth-order valence-corrected chi connectivity index (χ4v) is 2.68. The second-order valence-corrected chi connectivity index (χ2v) is 6.50. The van der Waals surface area contributed by atoms with Gasteiger partial charge in [0.25, 0.3) is 0 Å². The third-order valence-electron chi connectivity index (χ3n) is 4.02. The predicted molar refractivity (Wildman–Crippen MR) is 109 cm³/mol. The lowest BCUT2D eigenvalue weighted by Gasteiger charge is -2.09. The van der Waals surface area contributed by atoms with Crippen molar-refractivity contribution in [3.05, 3.63) is 76.9 Å². The van der Waals surface area contributed by atoms with Crippen molar-refractivity contribution in [2.24, 2.45) is 0 Å². The van der Waals surface area contributed by atoms with Crippen LogP contribution in [0.4, 0.5) is 17.2 Å². The Labute approximate surface area is 163 Å². The molecule has 0 bridgehead atoms. The average Bonchev–Trinajstić information content (AvgIpc) is 2.67. The molecule has 1 amide bonds. The highest BCUT2D eigenvalue weighted by Crippen LogP contribution is 2.23. The Morgan fingerprint density at radius 1 is 1.07 bits per heavy atom. The van der Waals surface area contributed by atoms with E-state index >= 15 is 0 Å². The molecule has 0 aliphatic carbocycles. The first kappa shape index (κ1) is 18.7. The van der Waals surface area contributed by atoms with Crippen LogP contribution in [0.2, 0.25) is 5.02 Å². The first-order valence-electron chi connectivity index (χ1n) is 8.45. The van der Waals surface area contributed by atoms with Gasteiger partial charge in [0.05, 0.1) is 25.4 Å². The van der Waals surface area contributed by atoms with Crippen LogP contribution in [-0.4, -0.2) is 18.0 Å². The topological polar surface area (TPSA) is 63.2 Å². The van der Waals surface area contributed by atoms with E-state index in [1.54, 1.807) is 19.4 Å². The van der Waals surface area contributed by atoms with Gasteiger partial charge in [0, 0.05) is 10.7 Å². The fraction of sp³-hybridized carbons (Fsp3) is 0.143. The number of hydrogen-bond acceptors (Lipinski definition) is 4. The molecule has 5 nitrogen and oxygen atoms in total. The van der Waals surface area contributed by atoms with Crippen LogP contribution < -0.4 is 15.4 Å². The van der Waals surface area contributed by atoms with Crippen LogP contribution in [0.25, 0.3) is 0 Å². The number of amides is 1. The SMILES string of the molecule is COc1ccc(CC(=O)Nc2ccc(Nc3ccc(C)c(Cl)c3)cn2)cc1. The number of rotatable bonds is 6. The molecule has 0 unspecified atom stereocenters. The van der Waals surface area contributed by atoms with E-state index < -0.39 is 0 Å². The molecule has 0 aliphatic heterocycles. The summed E-state index contributed by atoms with van der Waals surface area (Å²) < 4.78 is 5.11. The van der Waals surface area contributed by atoms with Gasteiger partial charge in [-0.1, -0.05) is 29.8 Å². The van der Waals surface area contributed by atoms with Crippen molar-refractivity contribution in [1.29, 1.82) is 0 Å². The van der Waals surface area contributed by atoms with Gasteiger partial charge in [-0.15, -0.1) is 0 Å². The molecule has 1 heterocycles. The first-order valence-corrected chi connectivity index (χ1v) is 8.83. The molecular weight excluding hydrogens is 362 g/mol. The number of nitrogens with one attached hydrogen (secondary N) is 2. The zero-order valence-electron chi connectivity index (χ0n) is 15.1. The van der Waals surface area contributed by atoms with Crippen molar-refractivity contribution in [2.45, 2.75) is 13.3 Å². The molecule has 0 fully saturated rings. The molecule has 6 heteroatoms. The van der Waals surface area contributed by atoms with Crippen molar-refractivity contribution in [3.8, 4) is 5.75 Å². The molecule has 3 rings (SSSR count). The summed E-state index contributed by atoms with van der Waals surface area (Å²) in [6.45, 7) is 1.96. The molecule has 0 spiro atoms. The van der Waals surface area contributed by atoms with Crippen molar-refractivity contribution in [2.75, 3.05) is 17.7 Å². The van der Waals surface area contributed by atoms with E-state index in [9.17, 15) is 4.79 Å². The first-order chi connectivity index (χ1) is 13.0. The number of hydrogen-bond donors (Lipinski definition) is 2. The zero-order chi connectivity index (χ0) is 19.2. The molecule has 0 radical (unpaired) electrons. The van der Waals surface area contributed by atoms with Gasteiger partial charge < -0.3 is 15.4 Å². The summed E-state index contributed by atoms with van der Waals surface area (Å²) in [5.74, 6) is 1.14. The summed E-state index contributed by atoms with van der Waals surface area (Å²) >= 11 is 6.14. The minimum Gasteiger partial charge on any atom is -0.497 e. The van der Waals surface area contributed by atoms with Crippen molar-refractivity contribution >= 4 is 34.7 Å². The average molecular weight is 382 g/mol. The number of ether oxygens (including phenoxy) is 1. The molecule has 2 aromatic carbocycles. The number of halogens is 1. The number of nitrogens with zero attached hydrogens (tertiary/aromatic N) is 1. The second-order valence-electron chi connectivity index (χ2n) is 6.09. The lowest BCUT2D eigenvalue weighted by molar-refractivity contribution is -0.115. The Balaban J connectivity index is 1.57. The van der Waals surface area contributed by atoms with Crippen LogP contribution in [0, 0.1) is 6.92 Å². The molecule has 3 aromatic rings. The smallest absolute Gasteiger partial charge is 0.229 e. The van der Waals surface area contributed by atoms with Crippen LogP contribution >= 0.6 is 11.6 Å². The van der Waals surface area contributed by atoms with Gasteiger partial charge in [-0.3, -0.25) is 4.79 Å². The Morgan fingerprint density at radius 3 is 2.44 bits per heavy atom. The number of aryl methyl sites for hydroxylation is 1. The number of methoxy groups -OCH3 is 1. The molecule has 0 saturated carbocycles. The summed E-state index contributed by atoms with van der Waals surface area (Å²) in [4.78, 5) is 16.4. The van der Waals surface area contributed by atoms with E-state index in [-0.39, 0.29) is 12.3 Å². The maximum Gasteiger partial charge on any atom is 0.229 e. The van der Waals surface area contributed by atoms with E-state index in [1.165, 1.54) is 0 Å². The van der Waals surface area contributed by atoms with Crippen LogP contribution in [0.1, 0.15) is 11.1 Å². The quantitative estimate of drug-likeness (QED) is 0.632. The molecule has 138 valence electrons. The highest BCUT2D eigenvalue weighted by Gasteiger charge is 2.06. The van der Waals surface area contributed by atoms with Gasteiger partial charge in [-0.05, 0) is 54.4 Å². The van der Waals surface area contributed by atoms with Crippen LogP contribution in [0.5, 0.6) is 5.75 Å². The van der Waals surface area contributed by atoms with Crippen LogP contribution in [0.15, 0.2) is 60.8 Å². The number of carbonyl (C=O) groups is 1. The number of anilines is 3. The zero-order valence-corrected chi connectivity index (χ0v) is 15.9. The third-order valence-corrected chi connectivity index (χ3v) is 4.42. The highest BCUT2D eigenvalue weighted by molar-refractivity contribution is 6.31. The summed E-state index contributed by atoms with van der Waals surface area (Å²) in [6, 6.07) is 16.8. The maximum absolute atomic E-state index is 12.2. The number of pyridine rings is 1. The molecule has 27 heavy (non-hydrogen) atoms. The van der Waals surface area contributed by atoms with E-state index in [2.05, 4.69) is 15.6 Å². The fourth-order valence-electron chi connectivity index (χ4n) is 2.49. The molecule has 1 aromatic heterocycles. The summed E-state index contributed by atoms with van der Waals surface area (Å²) in [5, 5.41) is 6.73. The number of carbonyl (C=O) groups excluding carboxylic acids is 1. The van der Waals surface area contributed by atoms with E-state index in [0.29, 0.717) is 10.8 Å². The van der Waals surface area contributed by atoms with Crippen molar-refractivity contribution in [3.63, 3.8) is 0 Å². The van der Waals surface area contributed by atoms with Gasteiger partial charge in [-0.25, -0.2) is 4.98 Å². The van der Waals surface area contributed by atoms with Crippen LogP contribution in [-0.2, 0) is 11.2 Å². The van der Waals surface area contributed by atoms with Crippen LogP contribution in [0.3, 0.4) is 0 Å². The van der Waals surface area contributed by atoms with Gasteiger partial charge in [0.1, 0.15) is 11.6 Å². The Morgan fingerprint density at radius 2 is 1.81 bits per heavy atom. The predicted octanol–water partition coefficient (Wildman–Crippen LogP) is 4.98. The Kier molecular flexibility index (Phi) is 5.94. The highest BCUT2D eigenvalue weighted by atomic mass is 35.5. The standard InChI is InChI=1S/C21H20ClN3O2/c1-14-3-6-16(12-19(14)22)24-17-7-10-20(23-13-17)25-21(26)11-15-4-8-18(27-2)9-5-15/h3-10,12-13,24H,11H2,1-2H3,(H,23,25,26). The van der Waals surface area contributed by atoms with Crippen molar-refractivity contribution in [1.82, 2.24) is 4.98 Å². The Bertz CT molecular complexity index is 925. The Hall–Kier alpha value is -3.05. The third kappa shape index (κ3) is 5.21. The van der Waals surface area contributed by atoms with Gasteiger partial charge in [0.2, 0.25) is 5.91 Å². The second kappa shape index (κ2) is 8.56. The lowest BCUT2D eigenvalue weighted by Crippen LogP contribution is -2.15. The minimum atomic E-state index is -0.126. The summed E-state index contributed by atoms with van der Waals surface area (Å²) in [6.07, 6.45) is 1.93. The van der Waals surface area contributed by atoms with E-state index in [1.807, 2.05) is 55.5 Å². The maximum atomic E-state index is 12.2. The molecular formula is C21H20ClN3O2. The van der Waals surface area contributed by atoms with E-state index in [4.69, 9.17) is 16.3 Å². The molecule has 0 atom stereocenters. The largest absolute Gasteiger partial charge is 0.497 e. The monoisotopic (exact) mass is 381 g/mol. The van der Waals surface area contributed by atoms with E-state index in [0.717, 1.165) is 28.3 Å².